The van der Waals surface area contributed by atoms with Crippen LogP contribution >= 0.6 is 0 Å². The van der Waals surface area contributed by atoms with Gasteiger partial charge in [0.2, 0.25) is 0 Å². The molecule has 1 aromatic heterocycles. The Labute approximate surface area is 172 Å². The van der Waals surface area contributed by atoms with E-state index in [4.69, 9.17) is 0 Å². The summed E-state index contributed by atoms with van der Waals surface area (Å²) >= 11 is 0. The number of halogens is 2. The van der Waals surface area contributed by atoms with Gasteiger partial charge in [-0.15, -0.1) is 0 Å². The predicted molar refractivity (Wildman–Crippen MR) is 114 cm³/mol. The Hall–Kier alpha value is -1.96. The van der Waals surface area contributed by atoms with Crippen LogP contribution in [0.1, 0.15) is 44.1 Å². The standard InChI is InChI=1S/C21H34F2N6/c1-24-21(27-18-7-12-28(13-8-18)16-19(22)23)26-15-17-6-9-25-20(14-17)29-10-4-2-3-5-11-29/h6,9,14,18-19H,2-5,7-8,10-13,15-16H2,1H3,(H2,24,26,27). The van der Waals surface area contributed by atoms with Crippen LogP contribution in [0.4, 0.5) is 14.6 Å². The van der Waals surface area contributed by atoms with Crippen molar-refractivity contribution in [2.24, 2.45) is 4.99 Å². The number of guanidine groups is 1. The first-order valence-corrected chi connectivity index (χ1v) is 10.8. The summed E-state index contributed by atoms with van der Waals surface area (Å²) in [6.45, 7) is 4.11. The summed E-state index contributed by atoms with van der Waals surface area (Å²) in [6, 6.07) is 4.46. The van der Waals surface area contributed by atoms with E-state index < -0.39 is 6.43 Å². The van der Waals surface area contributed by atoms with Gasteiger partial charge in [-0.1, -0.05) is 12.8 Å². The molecule has 3 heterocycles. The van der Waals surface area contributed by atoms with Gasteiger partial charge < -0.3 is 15.5 Å². The van der Waals surface area contributed by atoms with Crippen LogP contribution in [0.15, 0.2) is 23.3 Å². The minimum Gasteiger partial charge on any atom is -0.357 e. The van der Waals surface area contributed by atoms with Crippen molar-refractivity contribution < 1.29 is 8.78 Å². The fourth-order valence-corrected chi connectivity index (χ4v) is 4.07. The van der Waals surface area contributed by atoms with Crippen LogP contribution in [-0.2, 0) is 6.54 Å². The first kappa shape index (κ1) is 21.7. The highest BCUT2D eigenvalue weighted by Crippen LogP contribution is 2.18. The molecule has 0 bridgehead atoms. The number of pyridine rings is 1. The highest BCUT2D eigenvalue weighted by atomic mass is 19.3. The maximum atomic E-state index is 12.5. The Morgan fingerprint density at radius 2 is 1.90 bits per heavy atom. The Balaban J connectivity index is 1.46. The van der Waals surface area contributed by atoms with E-state index in [2.05, 4.69) is 31.6 Å². The SMILES string of the molecule is CN=C(NCc1ccnc(N2CCCCCC2)c1)NC1CCN(CC(F)F)CC1. The first-order chi connectivity index (χ1) is 14.1. The number of hydrogen-bond acceptors (Lipinski definition) is 4. The molecule has 2 aliphatic heterocycles. The molecule has 8 heteroatoms. The molecule has 162 valence electrons. The monoisotopic (exact) mass is 408 g/mol. The summed E-state index contributed by atoms with van der Waals surface area (Å²) in [7, 11) is 1.76. The van der Waals surface area contributed by atoms with Crippen LogP contribution in [0.5, 0.6) is 0 Å². The fourth-order valence-electron chi connectivity index (χ4n) is 4.07. The van der Waals surface area contributed by atoms with Crippen LogP contribution < -0.4 is 15.5 Å². The van der Waals surface area contributed by atoms with Gasteiger partial charge in [-0.2, -0.15) is 0 Å². The summed E-state index contributed by atoms with van der Waals surface area (Å²) in [4.78, 5) is 13.1. The summed E-state index contributed by atoms with van der Waals surface area (Å²) in [5, 5.41) is 6.81. The molecule has 0 radical (unpaired) electrons. The number of aliphatic imine (C=N–C) groups is 1. The van der Waals surface area contributed by atoms with Gasteiger partial charge in [-0.05, 0) is 43.4 Å². The lowest BCUT2D eigenvalue weighted by molar-refractivity contribution is 0.0744. The number of rotatable bonds is 6. The van der Waals surface area contributed by atoms with E-state index in [-0.39, 0.29) is 12.6 Å². The van der Waals surface area contributed by atoms with Crippen LogP contribution in [0.3, 0.4) is 0 Å². The van der Waals surface area contributed by atoms with Crippen molar-refractivity contribution in [1.82, 2.24) is 20.5 Å². The van der Waals surface area contributed by atoms with Crippen molar-refractivity contribution in [2.45, 2.75) is 57.5 Å². The van der Waals surface area contributed by atoms with Crippen molar-refractivity contribution in [3.8, 4) is 0 Å². The lowest BCUT2D eigenvalue weighted by atomic mass is 10.1. The van der Waals surface area contributed by atoms with Gasteiger partial charge in [0.05, 0.1) is 6.54 Å². The molecule has 2 saturated heterocycles. The largest absolute Gasteiger partial charge is 0.357 e. The van der Waals surface area contributed by atoms with Crippen molar-refractivity contribution in [2.75, 3.05) is 44.7 Å². The normalized spacial score (nSPS) is 20.0. The van der Waals surface area contributed by atoms with Gasteiger partial charge in [0, 0.05) is 52.0 Å². The van der Waals surface area contributed by atoms with E-state index in [1.54, 1.807) is 7.05 Å². The third kappa shape index (κ3) is 7.10. The minimum absolute atomic E-state index is 0.124. The highest BCUT2D eigenvalue weighted by Gasteiger charge is 2.22. The highest BCUT2D eigenvalue weighted by molar-refractivity contribution is 5.80. The lowest BCUT2D eigenvalue weighted by Crippen LogP contribution is -2.49. The van der Waals surface area contributed by atoms with Gasteiger partial charge in [-0.25, -0.2) is 13.8 Å². The third-order valence-corrected chi connectivity index (χ3v) is 5.75. The first-order valence-electron chi connectivity index (χ1n) is 10.8. The zero-order valence-electron chi connectivity index (χ0n) is 17.4. The molecule has 2 fully saturated rings. The lowest BCUT2D eigenvalue weighted by Gasteiger charge is -2.32. The Bertz CT molecular complexity index is 638. The Morgan fingerprint density at radius 1 is 1.17 bits per heavy atom. The van der Waals surface area contributed by atoms with Crippen LogP contribution in [-0.4, -0.2) is 68.1 Å². The van der Waals surface area contributed by atoms with Gasteiger partial charge >= 0.3 is 0 Å². The third-order valence-electron chi connectivity index (χ3n) is 5.75. The quantitative estimate of drug-likeness (QED) is 0.560. The van der Waals surface area contributed by atoms with Gasteiger partial charge in [0.25, 0.3) is 6.43 Å². The van der Waals surface area contributed by atoms with Crippen LogP contribution in [0, 0.1) is 0 Å². The van der Waals surface area contributed by atoms with E-state index in [9.17, 15) is 8.78 Å². The molecule has 0 unspecified atom stereocenters. The molecule has 1 aromatic rings. The number of hydrogen-bond donors (Lipinski definition) is 2. The Morgan fingerprint density at radius 3 is 2.55 bits per heavy atom. The number of nitrogens with one attached hydrogen (secondary N) is 2. The molecule has 0 aromatic carbocycles. The van der Waals surface area contributed by atoms with Gasteiger partial charge in [-0.3, -0.25) is 9.89 Å². The summed E-state index contributed by atoms with van der Waals surface area (Å²) in [5.74, 6) is 1.81. The zero-order chi connectivity index (χ0) is 20.5. The van der Waals surface area contributed by atoms with Crippen LogP contribution in [0.25, 0.3) is 0 Å². The molecule has 2 N–H and O–H groups in total. The smallest absolute Gasteiger partial charge is 0.251 e. The number of aromatic nitrogens is 1. The summed E-state index contributed by atoms with van der Waals surface area (Å²) in [5.41, 5.74) is 1.17. The molecule has 29 heavy (non-hydrogen) atoms. The predicted octanol–water partition coefficient (Wildman–Crippen LogP) is 2.86. The van der Waals surface area contributed by atoms with E-state index >= 15 is 0 Å². The average molecular weight is 409 g/mol. The molecule has 0 saturated carbocycles. The second-order valence-electron chi connectivity index (χ2n) is 7.96. The fraction of sp³-hybridized carbons (Fsp3) is 0.714. The maximum Gasteiger partial charge on any atom is 0.251 e. The average Bonchev–Trinajstić information content (AvgIpc) is 3.02. The van der Waals surface area contributed by atoms with E-state index in [0.717, 1.165) is 37.7 Å². The van der Waals surface area contributed by atoms with E-state index in [0.29, 0.717) is 19.6 Å². The van der Waals surface area contributed by atoms with Crippen molar-refractivity contribution in [1.29, 1.82) is 0 Å². The van der Waals surface area contributed by atoms with Gasteiger partial charge in [0.15, 0.2) is 5.96 Å². The number of piperidine rings is 1. The van der Waals surface area contributed by atoms with E-state index in [1.807, 2.05) is 17.2 Å². The zero-order valence-corrected chi connectivity index (χ0v) is 17.4. The summed E-state index contributed by atoms with van der Waals surface area (Å²) < 4.78 is 25.0. The van der Waals surface area contributed by atoms with Crippen molar-refractivity contribution in [3.05, 3.63) is 23.9 Å². The van der Waals surface area contributed by atoms with Crippen LogP contribution in [0.2, 0.25) is 0 Å². The topological polar surface area (TPSA) is 55.8 Å². The molecule has 3 rings (SSSR count). The molecular formula is C21H34F2N6. The van der Waals surface area contributed by atoms with Gasteiger partial charge in [0.1, 0.15) is 5.82 Å². The van der Waals surface area contributed by atoms with E-state index in [1.165, 1.54) is 31.2 Å². The van der Waals surface area contributed by atoms with Crippen molar-refractivity contribution >= 4 is 11.8 Å². The number of likely N-dealkylation sites (tertiary alicyclic amines) is 1. The molecule has 6 nitrogen and oxygen atoms in total. The Kier molecular flexibility index (Phi) is 8.46. The second-order valence-corrected chi connectivity index (χ2v) is 7.96. The molecule has 0 atom stereocenters. The molecular weight excluding hydrogens is 374 g/mol. The number of anilines is 1. The molecule has 0 aliphatic carbocycles. The number of alkyl halides is 2. The molecule has 0 spiro atoms. The minimum atomic E-state index is -2.26. The van der Waals surface area contributed by atoms with Crippen molar-refractivity contribution in [3.63, 3.8) is 0 Å². The number of nitrogens with zero attached hydrogens (tertiary/aromatic N) is 4. The second kappa shape index (κ2) is 11.3. The summed E-state index contributed by atoms with van der Waals surface area (Å²) in [6.07, 6.45) is 6.40. The maximum absolute atomic E-state index is 12.5. The molecule has 2 aliphatic rings. The molecule has 0 amide bonds.